The predicted molar refractivity (Wildman–Crippen MR) is 103 cm³/mol. The maximum absolute atomic E-state index is 14.0. The number of alkyl halides is 3. The molecule has 0 spiro atoms. The van der Waals surface area contributed by atoms with E-state index in [4.69, 9.17) is 0 Å². The topological polar surface area (TPSA) is 62.3 Å². The molecule has 29 heavy (non-hydrogen) atoms. The van der Waals surface area contributed by atoms with Gasteiger partial charge in [0.15, 0.2) is 0 Å². The Morgan fingerprint density at radius 3 is 2.66 bits per heavy atom. The summed E-state index contributed by atoms with van der Waals surface area (Å²) >= 11 is 0.894. The fourth-order valence-corrected chi connectivity index (χ4v) is 5.08. The van der Waals surface area contributed by atoms with Crippen molar-refractivity contribution in [2.24, 2.45) is 0 Å². The van der Waals surface area contributed by atoms with E-state index >= 15 is 0 Å². The smallest absolute Gasteiger partial charge is 0.326 e. The van der Waals surface area contributed by atoms with Gasteiger partial charge in [-0.3, -0.25) is 9.59 Å². The van der Waals surface area contributed by atoms with Crippen LogP contribution in [-0.2, 0) is 11.0 Å². The molecule has 0 aliphatic carbocycles. The number of nitrogens with one attached hydrogen (secondary N) is 1. The molecule has 2 aromatic heterocycles. The quantitative estimate of drug-likeness (QED) is 0.632. The van der Waals surface area contributed by atoms with Crippen LogP contribution < -0.4 is 5.32 Å². The minimum Gasteiger partial charge on any atom is -0.326 e. The van der Waals surface area contributed by atoms with Crippen molar-refractivity contribution in [3.05, 3.63) is 46.8 Å². The number of hydrogen-bond acceptors (Lipinski definition) is 4. The lowest BCUT2D eigenvalue weighted by molar-refractivity contribution is -0.136. The summed E-state index contributed by atoms with van der Waals surface area (Å²) in [6.07, 6.45) is -3.48. The highest BCUT2D eigenvalue weighted by molar-refractivity contribution is 7.21. The number of halogens is 3. The Labute approximate surface area is 167 Å². The maximum Gasteiger partial charge on any atom is 0.417 e. The van der Waals surface area contributed by atoms with Crippen LogP contribution in [0.25, 0.3) is 21.5 Å². The van der Waals surface area contributed by atoms with E-state index in [9.17, 15) is 22.8 Å². The van der Waals surface area contributed by atoms with Gasteiger partial charge in [-0.2, -0.15) is 13.2 Å². The van der Waals surface area contributed by atoms with E-state index in [1.54, 1.807) is 30.3 Å². The maximum atomic E-state index is 14.0. The number of rotatable bonds is 1. The molecule has 148 valence electrons. The molecule has 1 unspecified atom stereocenters. The van der Waals surface area contributed by atoms with Gasteiger partial charge in [0.25, 0.3) is 5.91 Å². The molecule has 1 aromatic carbocycles. The van der Waals surface area contributed by atoms with Crippen molar-refractivity contribution < 1.29 is 22.8 Å². The van der Waals surface area contributed by atoms with Crippen molar-refractivity contribution in [1.82, 2.24) is 9.88 Å². The number of carbonyl (C=O) groups excluding carboxylic acids is 2. The molecule has 1 saturated heterocycles. The van der Waals surface area contributed by atoms with Gasteiger partial charge in [0, 0.05) is 17.5 Å². The lowest BCUT2D eigenvalue weighted by Crippen LogP contribution is -2.40. The van der Waals surface area contributed by atoms with Crippen molar-refractivity contribution >= 4 is 39.1 Å². The van der Waals surface area contributed by atoms with Crippen LogP contribution in [0.1, 0.15) is 28.1 Å². The summed E-state index contributed by atoms with van der Waals surface area (Å²) in [5, 5.41) is 2.37. The van der Waals surface area contributed by atoms with Crippen molar-refractivity contribution in [2.75, 3.05) is 11.9 Å². The van der Waals surface area contributed by atoms with E-state index in [1.807, 2.05) is 0 Å². The number of nitrogens with zero attached hydrogens (tertiary/aromatic N) is 2. The molecule has 1 fully saturated rings. The third kappa shape index (κ3) is 2.79. The SMILES string of the molecule is O=C1Nc2c(sc3nc(-c4ccccc4)cc(C(F)(F)F)c23)C(=O)N2CCCC12. The molecule has 2 aliphatic heterocycles. The number of carbonyl (C=O) groups is 2. The van der Waals surface area contributed by atoms with Crippen LogP contribution in [0.4, 0.5) is 18.9 Å². The van der Waals surface area contributed by atoms with Crippen molar-refractivity contribution in [1.29, 1.82) is 0 Å². The summed E-state index contributed by atoms with van der Waals surface area (Å²) in [4.78, 5) is 31.6. The van der Waals surface area contributed by atoms with Gasteiger partial charge in [-0.15, -0.1) is 11.3 Å². The summed E-state index contributed by atoms with van der Waals surface area (Å²) in [5.41, 5.74) is -0.277. The molecule has 2 aliphatic rings. The molecule has 4 heterocycles. The molecular formula is C20H14F3N3O2S. The number of pyridine rings is 1. The van der Waals surface area contributed by atoms with Crippen molar-refractivity contribution in [3.8, 4) is 11.3 Å². The predicted octanol–water partition coefficient (Wildman–Crippen LogP) is 4.54. The zero-order chi connectivity index (χ0) is 20.3. The minimum atomic E-state index is -4.67. The van der Waals surface area contributed by atoms with Gasteiger partial charge in [0.05, 0.1) is 16.9 Å². The van der Waals surface area contributed by atoms with Crippen LogP contribution in [-0.4, -0.2) is 34.3 Å². The van der Waals surface area contributed by atoms with Crippen LogP contribution in [0.3, 0.4) is 0 Å². The third-order valence-corrected chi connectivity index (χ3v) is 6.37. The Morgan fingerprint density at radius 2 is 1.93 bits per heavy atom. The van der Waals surface area contributed by atoms with Crippen LogP contribution in [0.2, 0.25) is 0 Å². The molecule has 0 radical (unpaired) electrons. The number of aromatic nitrogens is 1. The van der Waals surface area contributed by atoms with Gasteiger partial charge in [0.1, 0.15) is 15.7 Å². The number of hydrogen-bond donors (Lipinski definition) is 1. The highest BCUT2D eigenvalue weighted by Gasteiger charge is 2.43. The van der Waals surface area contributed by atoms with Crippen LogP contribution >= 0.6 is 11.3 Å². The monoisotopic (exact) mass is 417 g/mol. The normalized spacial score (nSPS) is 19.1. The van der Waals surface area contributed by atoms with E-state index in [0.717, 1.165) is 17.4 Å². The average Bonchev–Trinajstić information content (AvgIpc) is 3.30. The number of anilines is 1. The molecule has 1 N–H and O–H groups in total. The van der Waals surface area contributed by atoms with Gasteiger partial charge < -0.3 is 10.2 Å². The van der Waals surface area contributed by atoms with E-state index in [2.05, 4.69) is 10.3 Å². The molecule has 3 aromatic rings. The summed E-state index contributed by atoms with van der Waals surface area (Å²) in [7, 11) is 0. The van der Waals surface area contributed by atoms with Crippen molar-refractivity contribution in [3.63, 3.8) is 0 Å². The Kier molecular flexibility index (Phi) is 3.92. The fourth-order valence-electron chi connectivity index (χ4n) is 3.97. The largest absolute Gasteiger partial charge is 0.417 e. The number of fused-ring (bicyclic) bond motifs is 4. The van der Waals surface area contributed by atoms with Crippen LogP contribution in [0, 0.1) is 0 Å². The molecule has 2 amide bonds. The number of benzene rings is 1. The standard InChI is InChI=1S/C20H14F3N3O2S/c21-20(22,23)11-9-12(10-5-2-1-3-6-10)24-18-14(11)15-16(29-18)19(28)26-8-4-7-13(26)17(27)25-15/h1-3,5-6,9,13H,4,7-8H2,(H,25,27). The Bertz CT molecular complexity index is 1160. The Morgan fingerprint density at radius 1 is 1.17 bits per heavy atom. The van der Waals surface area contributed by atoms with Gasteiger partial charge in [-0.25, -0.2) is 4.98 Å². The van der Waals surface area contributed by atoms with Gasteiger partial charge in [-0.05, 0) is 18.9 Å². The minimum absolute atomic E-state index is 0.0752. The van der Waals surface area contributed by atoms with E-state index in [-0.39, 0.29) is 26.5 Å². The first-order valence-electron chi connectivity index (χ1n) is 9.06. The molecule has 0 bridgehead atoms. The summed E-state index contributed by atoms with van der Waals surface area (Å²) in [6, 6.07) is 8.89. The lowest BCUT2D eigenvalue weighted by Gasteiger charge is -2.19. The van der Waals surface area contributed by atoms with E-state index in [1.165, 1.54) is 4.90 Å². The average molecular weight is 417 g/mol. The first kappa shape index (κ1) is 18.1. The number of amides is 2. The third-order valence-electron chi connectivity index (χ3n) is 5.30. The Hall–Kier alpha value is -2.94. The van der Waals surface area contributed by atoms with Crippen LogP contribution in [0.5, 0.6) is 0 Å². The summed E-state index contributed by atoms with van der Waals surface area (Å²) in [6.45, 7) is 0.416. The zero-order valence-corrected chi connectivity index (χ0v) is 15.7. The summed E-state index contributed by atoms with van der Waals surface area (Å²) < 4.78 is 41.9. The first-order chi connectivity index (χ1) is 13.8. The zero-order valence-electron chi connectivity index (χ0n) is 14.9. The second kappa shape index (κ2) is 6.28. The molecule has 9 heteroatoms. The van der Waals surface area contributed by atoms with E-state index < -0.39 is 29.6 Å². The molecule has 5 nitrogen and oxygen atoms in total. The van der Waals surface area contributed by atoms with Gasteiger partial charge >= 0.3 is 6.18 Å². The number of thiophene rings is 1. The van der Waals surface area contributed by atoms with E-state index in [0.29, 0.717) is 24.9 Å². The first-order valence-corrected chi connectivity index (χ1v) is 9.88. The second-order valence-electron chi connectivity index (χ2n) is 7.05. The second-order valence-corrected chi connectivity index (χ2v) is 8.05. The van der Waals surface area contributed by atoms with Crippen molar-refractivity contribution in [2.45, 2.75) is 25.1 Å². The Balaban J connectivity index is 1.79. The fraction of sp³-hybridized carbons (Fsp3) is 0.250. The van der Waals surface area contributed by atoms with Crippen LogP contribution in [0.15, 0.2) is 36.4 Å². The highest BCUT2D eigenvalue weighted by atomic mass is 32.1. The highest BCUT2D eigenvalue weighted by Crippen LogP contribution is 2.46. The molecular weight excluding hydrogens is 403 g/mol. The molecule has 5 rings (SSSR count). The lowest BCUT2D eigenvalue weighted by atomic mass is 10.1. The molecule has 1 atom stereocenters. The molecule has 0 saturated carbocycles. The summed E-state index contributed by atoms with van der Waals surface area (Å²) in [5.74, 6) is -0.868. The van der Waals surface area contributed by atoms with Gasteiger partial charge in [-0.1, -0.05) is 30.3 Å². The van der Waals surface area contributed by atoms with Gasteiger partial charge in [0.2, 0.25) is 5.91 Å².